The zero-order valence-electron chi connectivity index (χ0n) is 6.60. The lowest BCUT2D eigenvalue weighted by molar-refractivity contribution is -0.0505. The van der Waals surface area contributed by atoms with E-state index >= 15 is 0 Å². The van der Waals surface area contributed by atoms with Crippen LogP contribution in [0.2, 0.25) is 0 Å². The van der Waals surface area contributed by atoms with E-state index in [-0.39, 0.29) is 15.8 Å². The topological polar surface area (TPSA) is 33.0 Å². The Morgan fingerprint density at radius 1 is 1.43 bits per heavy atom. The van der Waals surface area contributed by atoms with Crippen LogP contribution in [-0.4, -0.2) is 6.61 Å². The molecular formula is C8H3BrF3NO. The van der Waals surface area contributed by atoms with Gasteiger partial charge in [0, 0.05) is 6.07 Å². The molecule has 0 aliphatic rings. The molecule has 2 nitrogen and oxygen atoms in total. The lowest BCUT2D eigenvalue weighted by Gasteiger charge is -2.06. The molecule has 0 bridgehead atoms. The third-order valence-electron chi connectivity index (χ3n) is 1.36. The number of hydrogen-bond donors (Lipinski definition) is 0. The lowest BCUT2D eigenvalue weighted by atomic mass is 10.2. The number of nitriles is 1. The maximum Gasteiger partial charge on any atom is 0.387 e. The van der Waals surface area contributed by atoms with Gasteiger partial charge in [0.25, 0.3) is 0 Å². The SMILES string of the molecule is N#Cc1cc(Br)c(OC(F)F)cc1F. The summed E-state index contributed by atoms with van der Waals surface area (Å²) in [5.74, 6) is -1.23. The molecule has 0 unspecified atom stereocenters. The molecule has 1 aromatic carbocycles. The largest absolute Gasteiger partial charge is 0.434 e. The van der Waals surface area contributed by atoms with E-state index in [4.69, 9.17) is 5.26 Å². The van der Waals surface area contributed by atoms with Crippen LogP contribution in [0.5, 0.6) is 5.75 Å². The predicted octanol–water partition coefficient (Wildman–Crippen LogP) is 3.06. The van der Waals surface area contributed by atoms with Crippen LogP contribution in [0.1, 0.15) is 5.56 Å². The Balaban J connectivity index is 3.10. The van der Waals surface area contributed by atoms with Crippen molar-refractivity contribution in [3.63, 3.8) is 0 Å². The van der Waals surface area contributed by atoms with E-state index in [0.717, 1.165) is 12.1 Å². The van der Waals surface area contributed by atoms with Crippen LogP contribution >= 0.6 is 15.9 Å². The summed E-state index contributed by atoms with van der Waals surface area (Å²) in [7, 11) is 0. The Morgan fingerprint density at radius 3 is 2.57 bits per heavy atom. The second kappa shape index (κ2) is 4.33. The highest BCUT2D eigenvalue weighted by Gasteiger charge is 2.12. The number of hydrogen-bond acceptors (Lipinski definition) is 2. The molecular weight excluding hydrogens is 263 g/mol. The van der Waals surface area contributed by atoms with Gasteiger partial charge in [-0.15, -0.1) is 0 Å². The van der Waals surface area contributed by atoms with Gasteiger partial charge >= 0.3 is 6.61 Å². The highest BCUT2D eigenvalue weighted by molar-refractivity contribution is 9.10. The Morgan fingerprint density at radius 2 is 2.07 bits per heavy atom. The third kappa shape index (κ3) is 2.39. The lowest BCUT2D eigenvalue weighted by Crippen LogP contribution is -2.03. The first-order valence-electron chi connectivity index (χ1n) is 3.38. The van der Waals surface area contributed by atoms with Crippen LogP contribution in [0.15, 0.2) is 16.6 Å². The third-order valence-corrected chi connectivity index (χ3v) is 1.98. The monoisotopic (exact) mass is 265 g/mol. The summed E-state index contributed by atoms with van der Waals surface area (Å²) in [5.41, 5.74) is -0.238. The summed E-state index contributed by atoms with van der Waals surface area (Å²) in [6, 6.07) is 3.38. The molecule has 0 spiro atoms. The van der Waals surface area contributed by atoms with Gasteiger partial charge in [-0.25, -0.2) is 4.39 Å². The molecule has 0 saturated heterocycles. The second-order valence-electron chi connectivity index (χ2n) is 2.25. The Kier molecular flexibility index (Phi) is 3.36. The number of halogens is 4. The van der Waals surface area contributed by atoms with E-state index < -0.39 is 12.4 Å². The molecule has 0 radical (unpaired) electrons. The second-order valence-corrected chi connectivity index (χ2v) is 3.11. The van der Waals surface area contributed by atoms with Crippen molar-refractivity contribution in [1.29, 1.82) is 5.26 Å². The van der Waals surface area contributed by atoms with Crippen molar-refractivity contribution in [3.05, 3.63) is 28.0 Å². The minimum Gasteiger partial charge on any atom is -0.434 e. The summed E-state index contributed by atoms with van der Waals surface area (Å²) in [5, 5.41) is 8.42. The van der Waals surface area contributed by atoms with Crippen LogP contribution < -0.4 is 4.74 Å². The molecule has 0 saturated carbocycles. The van der Waals surface area contributed by atoms with Crippen LogP contribution in [-0.2, 0) is 0 Å². The molecule has 0 atom stereocenters. The van der Waals surface area contributed by atoms with Gasteiger partial charge in [0.05, 0.1) is 10.0 Å². The van der Waals surface area contributed by atoms with Gasteiger partial charge in [0.1, 0.15) is 17.6 Å². The summed E-state index contributed by atoms with van der Waals surface area (Å²) < 4.78 is 40.6. The van der Waals surface area contributed by atoms with Crippen molar-refractivity contribution in [2.24, 2.45) is 0 Å². The van der Waals surface area contributed by atoms with Gasteiger partial charge in [0.15, 0.2) is 0 Å². The van der Waals surface area contributed by atoms with Crippen molar-refractivity contribution in [3.8, 4) is 11.8 Å². The molecule has 0 heterocycles. The molecule has 0 aliphatic heterocycles. The summed E-state index contributed by atoms with van der Waals surface area (Å²) in [6.45, 7) is -3.03. The maximum absolute atomic E-state index is 12.9. The average Bonchev–Trinajstić information content (AvgIpc) is 2.10. The Hall–Kier alpha value is -1.22. The first-order chi connectivity index (χ1) is 6.54. The van der Waals surface area contributed by atoms with Crippen molar-refractivity contribution >= 4 is 15.9 Å². The summed E-state index contributed by atoms with van der Waals surface area (Å²) in [4.78, 5) is 0. The summed E-state index contributed by atoms with van der Waals surface area (Å²) >= 11 is 2.87. The van der Waals surface area contributed by atoms with Crippen molar-refractivity contribution in [2.75, 3.05) is 0 Å². The van der Waals surface area contributed by atoms with E-state index in [1.807, 2.05) is 0 Å². The fourth-order valence-electron chi connectivity index (χ4n) is 0.801. The number of rotatable bonds is 2. The van der Waals surface area contributed by atoms with Crippen LogP contribution in [0.25, 0.3) is 0 Å². The molecule has 0 aromatic heterocycles. The van der Waals surface area contributed by atoms with Gasteiger partial charge in [-0.2, -0.15) is 14.0 Å². The Bertz CT molecular complexity index is 389. The van der Waals surface area contributed by atoms with E-state index in [9.17, 15) is 13.2 Å². The first-order valence-corrected chi connectivity index (χ1v) is 4.18. The number of ether oxygens (including phenoxy) is 1. The van der Waals surface area contributed by atoms with Crippen molar-refractivity contribution in [2.45, 2.75) is 6.61 Å². The van der Waals surface area contributed by atoms with Gasteiger partial charge in [0.2, 0.25) is 0 Å². The van der Waals surface area contributed by atoms with Crippen molar-refractivity contribution in [1.82, 2.24) is 0 Å². The zero-order chi connectivity index (χ0) is 10.7. The molecule has 1 rings (SSSR count). The number of benzene rings is 1. The van der Waals surface area contributed by atoms with E-state index in [1.54, 1.807) is 6.07 Å². The molecule has 14 heavy (non-hydrogen) atoms. The number of alkyl halides is 2. The highest BCUT2D eigenvalue weighted by Crippen LogP contribution is 2.29. The first kappa shape index (κ1) is 10.9. The quantitative estimate of drug-likeness (QED) is 0.824. The van der Waals surface area contributed by atoms with E-state index in [1.165, 1.54) is 0 Å². The fourth-order valence-corrected chi connectivity index (χ4v) is 1.24. The normalized spacial score (nSPS) is 10.0. The van der Waals surface area contributed by atoms with Crippen LogP contribution in [0, 0.1) is 17.1 Å². The predicted molar refractivity (Wildman–Crippen MR) is 45.4 cm³/mol. The van der Waals surface area contributed by atoms with Gasteiger partial charge in [-0.3, -0.25) is 0 Å². The molecule has 6 heteroatoms. The van der Waals surface area contributed by atoms with Crippen LogP contribution in [0.4, 0.5) is 13.2 Å². The molecule has 0 aliphatic carbocycles. The Labute approximate surface area is 86.0 Å². The van der Waals surface area contributed by atoms with Gasteiger partial charge in [-0.1, -0.05) is 0 Å². The van der Waals surface area contributed by atoms with Gasteiger partial charge < -0.3 is 4.74 Å². The van der Waals surface area contributed by atoms with Crippen molar-refractivity contribution < 1.29 is 17.9 Å². The molecule has 74 valence electrons. The maximum atomic E-state index is 12.9. The van der Waals surface area contributed by atoms with Gasteiger partial charge in [-0.05, 0) is 22.0 Å². The standard InChI is InChI=1S/C8H3BrF3NO/c9-5-1-4(3-13)6(10)2-7(5)14-8(11)12/h1-2,8H. The summed E-state index contributed by atoms with van der Waals surface area (Å²) in [6.07, 6.45) is 0. The average molecular weight is 266 g/mol. The minimum absolute atomic E-state index is 0.107. The molecule has 0 fully saturated rings. The minimum atomic E-state index is -3.03. The molecule has 0 amide bonds. The molecule has 0 N–H and O–H groups in total. The fraction of sp³-hybridized carbons (Fsp3) is 0.125. The highest BCUT2D eigenvalue weighted by atomic mass is 79.9. The van der Waals surface area contributed by atoms with E-state index in [2.05, 4.69) is 20.7 Å². The smallest absolute Gasteiger partial charge is 0.387 e. The van der Waals surface area contributed by atoms with Crippen LogP contribution in [0.3, 0.4) is 0 Å². The molecule has 1 aromatic rings. The van der Waals surface area contributed by atoms with E-state index in [0.29, 0.717) is 0 Å². The zero-order valence-corrected chi connectivity index (χ0v) is 8.19. The number of nitrogens with zero attached hydrogens (tertiary/aromatic N) is 1.